The van der Waals surface area contributed by atoms with Crippen molar-refractivity contribution >= 4 is 28.3 Å². The second kappa shape index (κ2) is 7.09. The van der Waals surface area contributed by atoms with Crippen LogP contribution < -0.4 is 4.84 Å². The van der Waals surface area contributed by atoms with E-state index in [0.29, 0.717) is 21.9 Å². The summed E-state index contributed by atoms with van der Waals surface area (Å²) in [5.74, 6) is 0.577. The summed E-state index contributed by atoms with van der Waals surface area (Å²) in [5.41, 5.74) is 2.86. The van der Waals surface area contributed by atoms with E-state index in [-0.39, 0.29) is 12.3 Å². The first-order valence-electron chi connectivity index (χ1n) is 8.22. The molecule has 3 aromatic carbocycles. The lowest BCUT2D eigenvalue weighted by Crippen LogP contribution is -2.12. The quantitative estimate of drug-likeness (QED) is 0.365. The van der Waals surface area contributed by atoms with E-state index < -0.39 is 4.92 Å². The van der Waals surface area contributed by atoms with Crippen LogP contribution in [-0.2, 0) is 6.61 Å². The van der Waals surface area contributed by atoms with Crippen molar-refractivity contribution in [1.29, 1.82) is 0 Å². The van der Waals surface area contributed by atoms with Crippen LogP contribution in [-0.4, -0.2) is 14.6 Å². The fraction of sp³-hybridized carbons (Fsp3) is 0.0500. The Balaban J connectivity index is 1.81. The summed E-state index contributed by atoms with van der Waals surface area (Å²) in [5, 5.41) is 11.8. The molecule has 6 nitrogen and oxygen atoms in total. The predicted octanol–water partition coefficient (Wildman–Crippen LogP) is 4.89. The molecule has 0 fully saturated rings. The first-order chi connectivity index (χ1) is 13.1. The Kier molecular flexibility index (Phi) is 4.48. The zero-order valence-electron chi connectivity index (χ0n) is 14.1. The average molecular weight is 380 g/mol. The van der Waals surface area contributed by atoms with E-state index in [2.05, 4.69) is 4.98 Å². The molecule has 0 saturated heterocycles. The number of benzene rings is 3. The van der Waals surface area contributed by atoms with Crippen molar-refractivity contribution in [3.8, 4) is 11.4 Å². The van der Waals surface area contributed by atoms with Crippen molar-refractivity contribution in [2.75, 3.05) is 0 Å². The number of fused-ring (bicyclic) bond motifs is 1. The minimum absolute atomic E-state index is 0.0189. The van der Waals surface area contributed by atoms with Crippen LogP contribution in [0.2, 0.25) is 5.02 Å². The number of nitro groups is 1. The van der Waals surface area contributed by atoms with Gasteiger partial charge in [-0.2, -0.15) is 4.73 Å². The highest BCUT2D eigenvalue weighted by atomic mass is 35.5. The van der Waals surface area contributed by atoms with Crippen molar-refractivity contribution in [2.24, 2.45) is 0 Å². The van der Waals surface area contributed by atoms with Gasteiger partial charge in [0, 0.05) is 22.7 Å². The third kappa shape index (κ3) is 3.47. The number of nitrogens with zero attached hydrogens (tertiary/aromatic N) is 3. The number of imidazole rings is 1. The lowest BCUT2D eigenvalue weighted by Gasteiger charge is -2.11. The van der Waals surface area contributed by atoms with Gasteiger partial charge in [0.15, 0.2) is 5.82 Å². The molecule has 0 saturated carbocycles. The van der Waals surface area contributed by atoms with Crippen LogP contribution in [0.15, 0.2) is 72.8 Å². The lowest BCUT2D eigenvalue weighted by molar-refractivity contribution is -0.384. The number of nitro benzene ring substituents is 1. The van der Waals surface area contributed by atoms with E-state index in [1.54, 1.807) is 16.9 Å². The normalized spacial score (nSPS) is 10.9. The van der Waals surface area contributed by atoms with E-state index in [1.165, 1.54) is 12.1 Å². The van der Waals surface area contributed by atoms with Gasteiger partial charge in [0.25, 0.3) is 5.69 Å². The molecule has 7 heteroatoms. The van der Waals surface area contributed by atoms with E-state index in [1.807, 2.05) is 48.5 Å². The smallest absolute Gasteiger partial charge is 0.271 e. The molecule has 27 heavy (non-hydrogen) atoms. The van der Waals surface area contributed by atoms with Crippen molar-refractivity contribution in [2.45, 2.75) is 6.61 Å². The second-order valence-electron chi connectivity index (χ2n) is 5.93. The summed E-state index contributed by atoms with van der Waals surface area (Å²) in [4.78, 5) is 21.3. The molecule has 0 aliphatic rings. The number of rotatable bonds is 5. The number of aromatic nitrogens is 2. The molecule has 0 bridgehead atoms. The van der Waals surface area contributed by atoms with Gasteiger partial charge in [-0.15, -0.1) is 0 Å². The molecule has 1 heterocycles. The zero-order chi connectivity index (χ0) is 18.8. The van der Waals surface area contributed by atoms with Gasteiger partial charge in [0.05, 0.1) is 10.4 Å². The van der Waals surface area contributed by atoms with Gasteiger partial charge in [0.2, 0.25) is 0 Å². The molecule has 0 aliphatic carbocycles. The van der Waals surface area contributed by atoms with Gasteiger partial charge in [0.1, 0.15) is 12.1 Å². The van der Waals surface area contributed by atoms with Crippen LogP contribution in [0.5, 0.6) is 0 Å². The standard InChI is InChI=1S/C20H14ClN3O3/c21-16-8-4-5-14(11-16)13-27-23-19-12-17(24(25)26)9-10-18(19)22-20(23)15-6-2-1-3-7-15/h1-12H,13H2. The molecule has 134 valence electrons. The SMILES string of the molecule is O=[N+]([O-])c1ccc2nc(-c3ccccc3)n(OCc3cccc(Cl)c3)c2c1. The molecule has 0 amide bonds. The molecule has 0 atom stereocenters. The molecule has 0 N–H and O–H groups in total. The van der Waals surface area contributed by atoms with E-state index in [4.69, 9.17) is 16.4 Å². The van der Waals surface area contributed by atoms with Crippen molar-refractivity contribution in [3.05, 3.63) is 93.5 Å². The fourth-order valence-corrected chi connectivity index (χ4v) is 3.03. The summed E-state index contributed by atoms with van der Waals surface area (Å²) in [7, 11) is 0. The molecule has 0 radical (unpaired) electrons. The van der Waals surface area contributed by atoms with Gasteiger partial charge in [-0.1, -0.05) is 54.1 Å². The highest BCUT2D eigenvalue weighted by molar-refractivity contribution is 6.30. The molecule has 4 aromatic rings. The number of halogens is 1. The van der Waals surface area contributed by atoms with E-state index in [9.17, 15) is 10.1 Å². The van der Waals surface area contributed by atoms with Gasteiger partial charge < -0.3 is 4.84 Å². The maximum absolute atomic E-state index is 11.2. The summed E-state index contributed by atoms with van der Waals surface area (Å²) < 4.78 is 1.54. The van der Waals surface area contributed by atoms with E-state index in [0.717, 1.165) is 11.1 Å². The Bertz CT molecular complexity index is 1130. The lowest BCUT2D eigenvalue weighted by atomic mass is 10.2. The molecule has 0 aliphatic heterocycles. The number of hydrogen-bond acceptors (Lipinski definition) is 4. The molecular formula is C20H14ClN3O3. The minimum Gasteiger partial charge on any atom is -0.407 e. The molecule has 4 rings (SSSR count). The zero-order valence-corrected chi connectivity index (χ0v) is 14.8. The Labute approximate surface area is 159 Å². The van der Waals surface area contributed by atoms with Crippen LogP contribution in [0.1, 0.15) is 5.56 Å². The minimum atomic E-state index is -0.435. The maximum atomic E-state index is 11.2. The Morgan fingerprint density at radius 3 is 2.59 bits per heavy atom. The van der Waals surface area contributed by atoms with Gasteiger partial charge >= 0.3 is 0 Å². The largest absolute Gasteiger partial charge is 0.407 e. The highest BCUT2D eigenvalue weighted by Gasteiger charge is 2.17. The summed E-state index contributed by atoms with van der Waals surface area (Å²) in [6.07, 6.45) is 0. The predicted molar refractivity (Wildman–Crippen MR) is 104 cm³/mol. The highest BCUT2D eigenvalue weighted by Crippen LogP contribution is 2.27. The third-order valence-corrected chi connectivity index (χ3v) is 4.32. The molecule has 0 spiro atoms. The van der Waals surface area contributed by atoms with Crippen molar-refractivity contribution < 1.29 is 9.76 Å². The maximum Gasteiger partial charge on any atom is 0.271 e. The second-order valence-corrected chi connectivity index (χ2v) is 6.37. The van der Waals surface area contributed by atoms with Gasteiger partial charge in [-0.25, -0.2) is 4.98 Å². The fourth-order valence-electron chi connectivity index (χ4n) is 2.82. The first kappa shape index (κ1) is 17.1. The summed E-state index contributed by atoms with van der Waals surface area (Å²) in [6, 6.07) is 21.4. The third-order valence-electron chi connectivity index (χ3n) is 4.09. The van der Waals surface area contributed by atoms with E-state index >= 15 is 0 Å². The molecule has 1 aromatic heterocycles. The Morgan fingerprint density at radius 1 is 1.04 bits per heavy atom. The Hall–Kier alpha value is -3.38. The van der Waals surface area contributed by atoms with Crippen LogP contribution >= 0.6 is 11.6 Å². The van der Waals surface area contributed by atoms with Crippen LogP contribution in [0.4, 0.5) is 5.69 Å². The van der Waals surface area contributed by atoms with Crippen molar-refractivity contribution in [3.63, 3.8) is 0 Å². The topological polar surface area (TPSA) is 70.2 Å². The van der Waals surface area contributed by atoms with Gasteiger partial charge in [-0.3, -0.25) is 10.1 Å². The van der Waals surface area contributed by atoms with Crippen molar-refractivity contribution in [1.82, 2.24) is 9.71 Å². The van der Waals surface area contributed by atoms with Crippen LogP contribution in [0, 0.1) is 10.1 Å². The van der Waals surface area contributed by atoms with Crippen LogP contribution in [0.25, 0.3) is 22.4 Å². The van der Waals surface area contributed by atoms with Crippen LogP contribution in [0.3, 0.4) is 0 Å². The average Bonchev–Trinajstić information content (AvgIpc) is 3.05. The number of non-ortho nitro benzene ring substituents is 1. The Morgan fingerprint density at radius 2 is 1.85 bits per heavy atom. The monoisotopic (exact) mass is 379 g/mol. The number of hydrogen-bond donors (Lipinski definition) is 0. The first-order valence-corrected chi connectivity index (χ1v) is 8.60. The molecular weight excluding hydrogens is 366 g/mol. The summed E-state index contributed by atoms with van der Waals surface area (Å²) >= 11 is 6.03. The molecule has 0 unspecified atom stereocenters. The summed E-state index contributed by atoms with van der Waals surface area (Å²) in [6.45, 7) is 0.245. The van der Waals surface area contributed by atoms with Gasteiger partial charge in [-0.05, 0) is 23.8 Å².